The summed E-state index contributed by atoms with van der Waals surface area (Å²) in [6, 6.07) is 31.1. The van der Waals surface area contributed by atoms with Crippen molar-refractivity contribution >= 4 is 24.3 Å². The van der Waals surface area contributed by atoms with Gasteiger partial charge in [0.2, 0.25) is 0 Å². The molecule has 0 spiro atoms. The molecule has 1 saturated heterocycles. The SMILES string of the molecule is Cc1ccc(/C=C/c2ccc(/C=C/c3ccc(C)cc3OC[C@@H]3OC(C)(C)O[C@H]3CO)cc2)c(OCc2ccccc2)c1. The van der Waals surface area contributed by atoms with Crippen LogP contribution in [0.4, 0.5) is 0 Å². The molecule has 4 aromatic rings. The van der Waals surface area contributed by atoms with E-state index < -0.39 is 11.9 Å². The maximum absolute atomic E-state index is 9.69. The van der Waals surface area contributed by atoms with Gasteiger partial charge in [0.15, 0.2) is 5.79 Å². The molecule has 0 saturated carbocycles. The minimum absolute atomic E-state index is 0.114. The number of aryl methyl sites for hydroxylation is 2. The quantitative estimate of drug-likeness (QED) is 0.183. The smallest absolute Gasteiger partial charge is 0.164 e. The molecule has 0 aromatic heterocycles. The van der Waals surface area contributed by atoms with Gasteiger partial charge in [0, 0.05) is 11.1 Å². The predicted molar refractivity (Wildman–Crippen MR) is 174 cm³/mol. The molecule has 0 aliphatic carbocycles. The zero-order chi connectivity index (χ0) is 30.2. The zero-order valence-electron chi connectivity index (χ0n) is 25.3. The van der Waals surface area contributed by atoms with Crippen LogP contribution < -0.4 is 9.47 Å². The van der Waals surface area contributed by atoms with Crippen molar-refractivity contribution < 1.29 is 24.1 Å². The first kappa shape index (κ1) is 30.3. The van der Waals surface area contributed by atoms with Crippen molar-refractivity contribution in [2.75, 3.05) is 13.2 Å². The van der Waals surface area contributed by atoms with Crippen molar-refractivity contribution in [3.63, 3.8) is 0 Å². The lowest BCUT2D eigenvalue weighted by atomic mass is 10.1. The maximum atomic E-state index is 9.69. The fourth-order valence-corrected chi connectivity index (χ4v) is 5.01. The number of aliphatic hydroxyl groups is 1. The highest BCUT2D eigenvalue weighted by Crippen LogP contribution is 2.30. The van der Waals surface area contributed by atoms with E-state index in [9.17, 15) is 5.11 Å². The van der Waals surface area contributed by atoms with Crippen molar-refractivity contribution in [2.45, 2.75) is 52.3 Å². The van der Waals surface area contributed by atoms with E-state index in [-0.39, 0.29) is 12.7 Å². The van der Waals surface area contributed by atoms with Crippen molar-refractivity contribution in [3.8, 4) is 11.5 Å². The average molecular weight is 577 g/mol. The Kier molecular flexibility index (Phi) is 9.78. The second kappa shape index (κ2) is 13.9. The molecule has 0 radical (unpaired) electrons. The Labute approximate surface area is 255 Å². The van der Waals surface area contributed by atoms with Gasteiger partial charge in [-0.15, -0.1) is 0 Å². The highest BCUT2D eigenvalue weighted by atomic mass is 16.8. The summed E-state index contributed by atoms with van der Waals surface area (Å²) in [5.41, 5.74) is 7.61. The summed E-state index contributed by atoms with van der Waals surface area (Å²) < 4.78 is 24.1. The summed E-state index contributed by atoms with van der Waals surface area (Å²) >= 11 is 0. The lowest BCUT2D eigenvalue weighted by molar-refractivity contribution is -0.150. The third-order valence-corrected chi connectivity index (χ3v) is 7.29. The monoisotopic (exact) mass is 576 g/mol. The molecular formula is C38H40O5. The summed E-state index contributed by atoms with van der Waals surface area (Å²) in [7, 11) is 0. The molecule has 1 N–H and O–H groups in total. The van der Waals surface area contributed by atoms with Gasteiger partial charge in [-0.3, -0.25) is 0 Å². The molecule has 1 heterocycles. The molecule has 1 fully saturated rings. The molecule has 4 aromatic carbocycles. The van der Waals surface area contributed by atoms with Gasteiger partial charge in [0.1, 0.15) is 36.9 Å². The number of rotatable bonds is 11. The van der Waals surface area contributed by atoms with E-state index in [1.807, 2.05) is 45.0 Å². The van der Waals surface area contributed by atoms with Gasteiger partial charge in [-0.1, -0.05) is 103 Å². The molecule has 0 amide bonds. The van der Waals surface area contributed by atoms with Crippen LogP contribution in [0.2, 0.25) is 0 Å². The van der Waals surface area contributed by atoms with E-state index in [0.717, 1.165) is 50.4 Å². The third kappa shape index (κ3) is 8.45. The number of hydrogen-bond acceptors (Lipinski definition) is 5. The number of hydrogen-bond donors (Lipinski definition) is 1. The number of ether oxygens (including phenoxy) is 4. The van der Waals surface area contributed by atoms with Gasteiger partial charge in [-0.05, 0) is 67.6 Å². The van der Waals surface area contributed by atoms with Crippen molar-refractivity contribution in [2.24, 2.45) is 0 Å². The first-order valence-corrected chi connectivity index (χ1v) is 14.7. The van der Waals surface area contributed by atoms with Crippen LogP contribution in [0.1, 0.15) is 52.8 Å². The van der Waals surface area contributed by atoms with E-state index in [1.54, 1.807) is 0 Å². The van der Waals surface area contributed by atoms with Crippen molar-refractivity contribution in [1.82, 2.24) is 0 Å². The van der Waals surface area contributed by atoms with Gasteiger partial charge < -0.3 is 24.1 Å². The highest BCUT2D eigenvalue weighted by molar-refractivity contribution is 5.75. The summed E-state index contributed by atoms with van der Waals surface area (Å²) in [5.74, 6) is 0.902. The molecule has 2 atom stereocenters. The topological polar surface area (TPSA) is 57.2 Å². The first-order chi connectivity index (χ1) is 20.8. The van der Waals surface area contributed by atoms with E-state index in [0.29, 0.717) is 13.2 Å². The van der Waals surface area contributed by atoms with E-state index >= 15 is 0 Å². The Hall–Kier alpha value is -4.16. The summed E-state index contributed by atoms with van der Waals surface area (Å²) in [6.07, 6.45) is 7.59. The third-order valence-electron chi connectivity index (χ3n) is 7.29. The van der Waals surface area contributed by atoms with Crippen LogP contribution in [0.25, 0.3) is 24.3 Å². The molecule has 5 nitrogen and oxygen atoms in total. The largest absolute Gasteiger partial charge is 0.490 e. The molecule has 43 heavy (non-hydrogen) atoms. The van der Waals surface area contributed by atoms with Gasteiger partial charge in [-0.25, -0.2) is 0 Å². The van der Waals surface area contributed by atoms with Gasteiger partial charge in [-0.2, -0.15) is 0 Å². The summed E-state index contributed by atoms with van der Waals surface area (Å²) in [4.78, 5) is 0. The molecule has 5 heteroatoms. The molecule has 1 aliphatic rings. The van der Waals surface area contributed by atoms with Crippen molar-refractivity contribution in [1.29, 1.82) is 0 Å². The average Bonchev–Trinajstić information content (AvgIpc) is 3.32. The van der Waals surface area contributed by atoms with Crippen molar-refractivity contribution in [3.05, 3.63) is 130 Å². The van der Waals surface area contributed by atoms with Crippen LogP contribution in [-0.4, -0.2) is 36.3 Å². The lowest BCUT2D eigenvalue weighted by Crippen LogP contribution is -2.31. The fourth-order valence-electron chi connectivity index (χ4n) is 5.01. The Morgan fingerprint density at radius 1 is 0.674 bits per heavy atom. The zero-order valence-corrected chi connectivity index (χ0v) is 25.3. The summed E-state index contributed by atoms with van der Waals surface area (Å²) in [5, 5.41) is 9.69. The second-order valence-electron chi connectivity index (χ2n) is 11.4. The Morgan fingerprint density at radius 2 is 1.21 bits per heavy atom. The molecule has 0 unspecified atom stereocenters. The number of aliphatic hydroxyl groups excluding tert-OH is 1. The van der Waals surface area contributed by atoms with Crippen LogP contribution in [0.3, 0.4) is 0 Å². The molecule has 1 aliphatic heterocycles. The molecule has 0 bridgehead atoms. The van der Waals surface area contributed by atoms with E-state index in [4.69, 9.17) is 18.9 Å². The summed E-state index contributed by atoms with van der Waals surface area (Å²) in [6.45, 7) is 8.52. The van der Waals surface area contributed by atoms with Crippen LogP contribution in [-0.2, 0) is 16.1 Å². The van der Waals surface area contributed by atoms with E-state index in [1.165, 1.54) is 0 Å². The Balaban J connectivity index is 1.23. The standard InChI is InChI=1S/C38H40O5/c1-27-10-18-32(34(22-27)40-25-31-8-6-5-7-9-31)20-16-29-12-14-30(15-13-29)17-21-33-19-11-28(2)23-35(33)41-26-37-36(24-39)42-38(3,4)43-37/h5-23,36-37,39H,24-26H2,1-4H3/b20-16+,21-17+/t36-,37-/m0/s1. The van der Waals surface area contributed by atoms with Gasteiger partial charge in [0.05, 0.1) is 6.61 Å². The minimum Gasteiger partial charge on any atom is -0.490 e. The minimum atomic E-state index is -0.739. The highest BCUT2D eigenvalue weighted by Gasteiger charge is 2.41. The van der Waals surface area contributed by atoms with E-state index in [2.05, 4.69) is 98.0 Å². The molecule has 5 rings (SSSR count). The normalized spacial score (nSPS) is 18.0. The predicted octanol–water partition coefficient (Wildman–Crippen LogP) is 8.11. The second-order valence-corrected chi connectivity index (χ2v) is 11.4. The lowest BCUT2D eigenvalue weighted by Gasteiger charge is -2.18. The Morgan fingerprint density at radius 3 is 1.77 bits per heavy atom. The fraction of sp³-hybridized carbons (Fsp3) is 0.263. The molecular weight excluding hydrogens is 536 g/mol. The van der Waals surface area contributed by atoms with Gasteiger partial charge in [0.25, 0.3) is 0 Å². The van der Waals surface area contributed by atoms with Crippen LogP contribution in [0, 0.1) is 13.8 Å². The number of benzene rings is 4. The van der Waals surface area contributed by atoms with Gasteiger partial charge >= 0.3 is 0 Å². The Bertz CT molecular complexity index is 1550. The first-order valence-electron chi connectivity index (χ1n) is 14.7. The van der Waals surface area contributed by atoms with Crippen LogP contribution >= 0.6 is 0 Å². The van der Waals surface area contributed by atoms with Crippen LogP contribution in [0.5, 0.6) is 11.5 Å². The maximum Gasteiger partial charge on any atom is 0.164 e. The molecule has 222 valence electrons. The van der Waals surface area contributed by atoms with Crippen LogP contribution in [0.15, 0.2) is 91.0 Å².